The van der Waals surface area contributed by atoms with Gasteiger partial charge in [0.15, 0.2) is 0 Å². The van der Waals surface area contributed by atoms with Crippen molar-refractivity contribution < 1.29 is 4.42 Å². The predicted octanol–water partition coefficient (Wildman–Crippen LogP) is 3.37. The lowest BCUT2D eigenvalue weighted by Gasteiger charge is -2.35. The Bertz CT molecular complexity index is 822. The molecule has 128 valence electrons. The van der Waals surface area contributed by atoms with E-state index in [0.717, 1.165) is 31.7 Å². The summed E-state index contributed by atoms with van der Waals surface area (Å²) in [4.78, 5) is 4.79. The molecule has 0 N–H and O–H groups in total. The van der Waals surface area contributed by atoms with Crippen molar-refractivity contribution >= 4 is 5.69 Å². The van der Waals surface area contributed by atoms with Gasteiger partial charge >= 0.3 is 0 Å². The Balaban J connectivity index is 1.36. The summed E-state index contributed by atoms with van der Waals surface area (Å²) in [6, 6.07) is 18.7. The first-order valence-corrected chi connectivity index (χ1v) is 8.70. The van der Waals surface area contributed by atoms with Crippen LogP contribution in [-0.2, 0) is 6.54 Å². The van der Waals surface area contributed by atoms with Crippen LogP contribution in [0.1, 0.15) is 11.5 Å². The van der Waals surface area contributed by atoms with Crippen LogP contribution in [0.3, 0.4) is 0 Å². The maximum atomic E-state index is 5.86. The van der Waals surface area contributed by atoms with E-state index in [1.807, 2.05) is 12.1 Å². The van der Waals surface area contributed by atoms with Gasteiger partial charge in [-0.15, -0.1) is 10.2 Å². The Morgan fingerprint density at radius 2 is 1.72 bits per heavy atom. The molecule has 5 nitrogen and oxygen atoms in total. The third-order valence-corrected chi connectivity index (χ3v) is 4.58. The molecule has 1 aliphatic heterocycles. The molecule has 0 bridgehead atoms. The van der Waals surface area contributed by atoms with Crippen LogP contribution in [0.2, 0.25) is 0 Å². The molecule has 3 aromatic rings. The van der Waals surface area contributed by atoms with E-state index in [1.54, 1.807) is 0 Å². The Hall–Kier alpha value is -2.66. The van der Waals surface area contributed by atoms with Crippen molar-refractivity contribution in [3.63, 3.8) is 0 Å². The molecule has 1 saturated heterocycles. The molecule has 5 heteroatoms. The normalized spacial score (nSPS) is 15.5. The minimum Gasteiger partial charge on any atom is -0.419 e. The monoisotopic (exact) mass is 334 g/mol. The summed E-state index contributed by atoms with van der Waals surface area (Å²) in [6.07, 6.45) is 0. The highest BCUT2D eigenvalue weighted by Gasteiger charge is 2.19. The van der Waals surface area contributed by atoms with Gasteiger partial charge in [-0.25, -0.2) is 0 Å². The zero-order valence-electron chi connectivity index (χ0n) is 14.4. The summed E-state index contributed by atoms with van der Waals surface area (Å²) in [6.45, 7) is 6.80. The number of anilines is 1. The lowest BCUT2D eigenvalue weighted by atomic mass is 10.1. The van der Waals surface area contributed by atoms with E-state index in [2.05, 4.69) is 69.4 Å². The molecular weight excluding hydrogens is 312 g/mol. The molecule has 0 saturated carbocycles. The summed E-state index contributed by atoms with van der Waals surface area (Å²) < 4.78 is 5.86. The maximum Gasteiger partial charge on any atom is 0.247 e. The van der Waals surface area contributed by atoms with E-state index < -0.39 is 0 Å². The van der Waals surface area contributed by atoms with Gasteiger partial charge < -0.3 is 9.32 Å². The second-order valence-corrected chi connectivity index (χ2v) is 6.47. The van der Waals surface area contributed by atoms with Crippen molar-refractivity contribution in [2.24, 2.45) is 0 Å². The van der Waals surface area contributed by atoms with Gasteiger partial charge in [-0.3, -0.25) is 4.90 Å². The van der Waals surface area contributed by atoms with E-state index in [0.29, 0.717) is 18.3 Å². The first kappa shape index (κ1) is 15.8. The van der Waals surface area contributed by atoms with Gasteiger partial charge in [-0.2, -0.15) is 0 Å². The third-order valence-electron chi connectivity index (χ3n) is 4.58. The highest BCUT2D eigenvalue weighted by atomic mass is 16.4. The number of hydrogen-bond acceptors (Lipinski definition) is 5. The number of aryl methyl sites for hydroxylation is 1. The van der Waals surface area contributed by atoms with Gasteiger partial charge in [0.1, 0.15) is 0 Å². The first-order chi connectivity index (χ1) is 12.3. The number of rotatable bonds is 4. The Morgan fingerprint density at radius 1 is 0.920 bits per heavy atom. The van der Waals surface area contributed by atoms with Crippen LogP contribution in [0, 0.1) is 6.92 Å². The average molecular weight is 334 g/mol. The average Bonchev–Trinajstić information content (AvgIpc) is 3.12. The molecule has 0 radical (unpaired) electrons. The fourth-order valence-electron chi connectivity index (χ4n) is 3.21. The molecule has 1 fully saturated rings. The molecule has 2 aromatic carbocycles. The highest BCUT2D eigenvalue weighted by molar-refractivity contribution is 5.53. The fourth-order valence-corrected chi connectivity index (χ4v) is 3.21. The lowest BCUT2D eigenvalue weighted by molar-refractivity contribution is 0.227. The minimum atomic E-state index is 0.599. The van der Waals surface area contributed by atoms with Gasteiger partial charge in [0, 0.05) is 37.4 Å². The largest absolute Gasteiger partial charge is 0.419 e. The molecule has 0 atom stereocenters. The van der Waals surface area contributed by atoms with Crippen LogP contribution in [0.4, 0.5) is 5.69 Å². The Morgan fingerprint density at radius 3 is 2.48 bits per heavy atom. The molecule has 2 heterocycles. The summed E-state index contributed by atoms with van der Waals surface area (Å²) in [7, 11) is 0. The van der Waals surface area contributed by atoms with Gasteiger partial charge in [-0.1, -0.05) is 35.9 Å². The molecule has 0 aliphatic carbocycles. The Kier molecular flexibility index (Phi) is 4.48. The number of piperazine rings is 1. The van der Waals surface area contributed by atoms with Crippen LogP contribution >= 0.6 is 0 Å². The fraction of sp³-hybridized carbons (Fsp3) is 0.300. The van der Waals surface area contributed by atoms with Crippen molar-refractivity contribution in [1.82, 2.24) is 15.1 Å². The zero-order chi connectivity index (χ0) is 17.1. The van der Waals surface area contributed by atoms with Crippen molar-refractivity contribution in [3.05, 3.63) is 66.1 Å². The van der Waals surface area contributed by atoms with Crippen LogP contribution < -0.4 is 4.90 Å². The van der Waals surface area contributed by atoms with Crippen LogP contribution in [-0.4, -0.2) is 41.3 Å². The van der Waals surface area contributed by atoms with Crippen molar-refractivity contribution in [2.75, 3.05) is 31.1 Å². The van der Waals surface area contributed by atoms with Crippen LogP contribution in [0.25, 0.3) is 11.5 Å². The minimum absolute atomic E-state index is 0.599. The van der Waals surface area contributed by atoms with Crippen molar-refractivity contribution in [3.8, 4) is 11.5 Å². The summed E-state index contributed by atoms with van der Waals surface area (Å²) >= 11 is 0. The number of nitrogens with zero attached hydrogens (tertiary/aromatic N) is 4. The standard InChI is InChI=1S/C20H22N4O/c1-16-6-5-7-17(14-16)20-22-21-19(25-20)15-23-10-12-24(13-11-23)18-8-3-2-4-9-18/h2-9,14H,10-13,15H2,1H3. The van der Waals surface area contributed by atoms with Gasteiger partial charge in [-0.05, 0) is 31.2 Å². The topological polar surface area (TPSA) is 45.4 Å². The molecular formula is C20H22N4O. The SMILES string of the molecule is Cc1cccc(-c2nnc(CN3CCN(c4ccccc4)CC3)o2)c1. The van der Waals surface area contributed by atoms with Gasteiger partial charge in [0.2, 0.25) is 11.8 Å². The van der Waals surface area contributed by atoms with Gasteiger partial charge in [0.05, 0.1) is 6.54 Å². The van der Waals surface area contributed by atoms with Crippen molar-refractivity contribution in [1.29, 1.82) is 0 Å². The molecule has 0 amide bonds. The third kappa shape index (κ3) is 3.72. The molecule has 25 heavy (non-hydrogen) atoms. The lowest BCUT2D eigenvalue weighted by Crippen LogP contribution is -2.46. The number of aromatic nitrogens is 2. The highest BCUT2D eigenvalue weighted by Crippen LogP contribution is 2.20. The summed E-state index contributed by atoms with van der Waals surface area (Å²) in [5.41, 5.74) is 3.46. The van der Waals surface area contributed by atoms with Gasteiger partial charge in [0.25, 0.3) is 0 Å². The van der Waals surface area contributed by atoms with E-state index in [4.69, 9.17) is 4.42 Å². The predicted molar refractivity (Wildman–Crippen MR) is 98.4 cm³/mol. The smallest absolute Gasteiger partial charge is 0.247 e. The first-order valence-electron chi connectivity index (χ1n) is 8.70. The number of para-hydroxylation sites is 1. The summed E-state index contributed by atoms with van der Waals surface area (Å²) in [5.74, 6) is 1.28. The number of hydrogen-bond donors (Lipinski definition) is 0. The molecule has 0 spiro atoms. The van der Waals surface area contributed by atoms with E-state index in [1.165, 1.54) is 11.3 Å². The van der Waals surface area contributed by atoms with Crippen LogP contribution in [0.15, 0.2) is 59.0 Å². The molecule has 1 aliphatic rings. The molecule has 0 unspecified atom stereocenters. The Labute approximate surface area is 147 Å². The van der Waals surface area contributed by atoms with Crippen molar-refractivity contribution in [2.45, 2.75) is 13.5 Å². The quantitative estimate of drug-likeness (QED) is 0.732. The maximum absolute atomic E-state index is 5.86. The van der Waals surface area contributed by atoms with Crippen LogP contribution in [0.5, 0.6) is 0 Å². The van der Waals surface area contributed by atoms with E-state index >= 15 is 0 Å². The molecule has 4 rings (SSSR count). The second kappa shape index (κ2) is 7.07. The number of benzene rings is 2. The van der Waals surface area contributed by atoms with E-state index in [9.17, 15) is 0 Å². The van der Waals surface area contributed by atoms with E-state index in [-0.39, 0.29) is 0 Å². The molecule has 1 aromatic heterocycles. The second-order valence-electron chi connectivity index (χ2n) is 6.47. The zero-order valence-corrected chi connectivity index (χ0v) is 14.4. The summed E-state index contributed by atoms with van der Waals surface area (Å²) in [5, 5.41) is 8.42.